The lowest BCUT2D eigenvalue weighted by atomic mass is 10.2. The fourth-order valence-corrected chi connectivity index (χ4v) is 3.27. The van der Waals surface area contributed by atoms with Gasteiger partial charge in [0.2, 0.25) is 0 Å². The zero-order valence-corrected chi connectivity index (χ0v) is 14.6. The molecule has 2 aromatic rings. The first kappa shape index (κ1) is 16.4. The number of hydrazone groups is 1. The first-order valence-electron chi connectivity index (χ1n) is 6.08. The summed E-state index contributed by atoms with van der Waals surface area (Å²) in [6, 6.07) is 9.83. The molecule has 2 rings (SSSR count). The molecule has 0 saturated carbocycles. The number of nitro groups is 1. The molecular formula is C14H11Br2N3O3. The highest BCUT2D eigenvalue weighted by molar-refractivity contribution is 9.11. The first-order chi connectivity index (χ1) is 10.5. The van der Waals surface area contributed by atoms with E-state index in [0.717, 1.165) is 14.5 Å². The third-order valence-corrected chi connectivity index (χ3v) is 3.87. The summed E-state index contributed by atoms with van der Waals surface area (Å²) < 4.78 is 6.81. The van der Waals surface area contributed by atoms with Crippen LogP contribution >= 0.6 is 31.9 Å². The minimum absolute atomic E-state index is 0.00939. The van der Waals surface area contributed by atoms with E-state index in [2.05, 4.69) is 42.4 Å². The summed E-state index contributed by atoms with van der Waals surface area (Å²) in [7, 11) is 1.59. The van der Waals surface area contributed by atoms with Gasteiger partial charge in [0.1, 0.15) is 5.75 Å². The van der Waals surface area contributed by atoms with Gasteiger partial charge < -0.3 is 4.74 Å². The number of nitro benzene ring substituents is 1. The molecule has 0 atom stereocenters. The fraction of sp³-hybridized carbons (Fsp3) is 0.0714. The average molecular weight is 429 g/mol. The van der Waals surface area contributed by atoms with Crippen LogP contribution in [0.5, 0.6) is 5.75 Å². The predicted octanol–water partition coefficient (Wildman–Crippen LogP) is 4.57. The van der Waals surface area contributed by atoms with Gasteiger partial charge in [0, 0.05) is 12.1 Å². The Hall–Kier alpha value is -1.93. The molecule has 114 valence electrons. The molecule has 0 heterocycles. The van der Waals surface area contributed by atoms with E-state index < -0.39 is 4.92 Å². The number of hydrogen-bond acceptors (Lipinski definition) is 5. The zero-order chi connectivity index (χ0) is 16.1. The molecule has 1 N–H and O–H groups in total. The minimum atomic E-state index is -0.452. The van der Waals surface area contributed by atoms with E-state index in [4.69, 9.17) is 4.74 Å². The van der Waals surface area contributed by atoms with E-state index in [0.29, 0.717) is 11.4 Å². The number of halogens is 2. The highest BCUT2D eigenvalue weighted by atomic mass is 79.9. The van der Waals surface area contributed by atoms with Crippen LogP contribution in [0.15, 0.2) is 50.4 Å². The Morgan fingerprint density at radius 2 is 1.95 bits per heavy atom. The van der Waals surface area contributed by atoms with Crippen LogP contribution in [0.25, 0.3) is 0 Å². The second-order valence-electron chi connectivity index (χ2n) is 4.20. The Morgan fingerprint density at radius 1 is 1.27 bits per heavy atom. The molecule has 0 bridgehead atoms. The van der Waals surface area contributed by atoms with E-state index in [-0.39, 0.29) is 5.69 Å². The van der Waals surface area contributed by atoms with Crippen LogP contribution in [0.2, 0.25) is 0 Å². The van der Waals surface area contributed by atoms with Crippen LogP contribution in [0.4, 0.5) is 11.4 Å². The van der Waals surface area contributed by atoms with Gasteiger partial charge in [-0.1, -0.05) is 6.07 Å². The van der Waals surface area contributed by atoms with Crippen LogP contribution in [-0.4, -0.2) is 18.2 Å². The molecule has 0 aliphatic rings. The van der Waals surface area contributed by atoms with E-state index in [1.165, 1.54) is 12.1 Å². The number of rotatable bonds is 5. The molecule has 0 saturated heterocycles. The Bertz CT molecular complexity index is 712. The van der Waals surface area contributed by atoms with Crippen LogP contribution in [0, 0.1) is 10.1 Å². The molecule has 6 nitrogen and oxygen atoms in total. The molecule has 8 heteroatoms. The Kier molecular flexibility index (Phi) is 5.51. The van der Waals surface area contributed by atoms with E-state index in [9.17, 15) is 10.1 Å². The number of nitrogens with one attached hydrogen (secondary N) is 1. The van der Waals surface area contributed by atoms with Crippen molar-refractivity contribution < 1.29 is 9.66 Å². The molecule has 0 radical (unpaired) electrons. The van der Waals surface area contributed by atoms with Gasteiger partial charge in [-0.2, -0.15) is 5.10 Å². The van der Waals surface area contributed by atoms with Crippen molar-refractivity contribution in [2.45, 2.75) is 0 Å². The lowest BCUT2D eigenvalue weighted by Gasteiger charge is -2.06. The lowest BCUT2D eigenvalue weighted by molar-refractivity contribution is -0.384. The SMILES string of the molecule is COc1c(Br)cc(C=NNc2cccc([N+](=O)[O-])c2)cc1Br. The molecule has 2 aromatic carbocycles. The monoisotopic (exact) mass is 427 g/mol. The van der Waals surface area contributed by atoms with Gasteiger partial charge >= 0.3 is 0 Å². The predicted molar refractivity (Wildman–Crippen MR) is 92.7 cm³/mol. The Labute approximate surface area is 143 Å². The largest absolute Gasteiger partial charge is 0.494 e. The van der Waals surface area contributed by atoms with Gasteiger partial charge in [0.15, 0.2) is 0 Å². The van der Waals surface area contributed by atoms with Crippen LogP contribution < -0.4 is 10.2 Å². The van der Waals surface area contributed by atoms with Gasteiger partial charge in [0.25, 0.3) is 5.69 Å². The second-order valence-corrected chi connectivity index (χ2v) is 5.90. The number of methoxy groups -OCH3 is 1. The standard InChI is InChI=1S/C14H11Br2N3O3/c1-22-14-12(15)5-9(6-13(14)16)8-17-18-10-3-2-4-11(7-10)19(20)21/h2-8,18H,1H3. The summed E-state index contributed by atoms with van der Waals surface area (Å²) in [6.45, 7) is 0. The lowest BCUT2D eigenvalue weighted by Crippen LogP contribution is -1.94. The number of benzene rings is 2. The van der Waals surface area contributed by atoms with Crippen molar-refractivity contribution in [3.63, 3.8) is 0 Å². The van der Waals surface area contributed by atoms with Crippen LogP contribution in [0.3, 0.4) is 0 Å². The average Bonchev–Trinajstić information content (AvgIpc) is 2.47. The molecule has 0 spiro atoms. The molecular weight excluding hydrogens is 418 g/mol. The molecule has 0 aromatic heterocycles. The molecule has 0 fully saturated rings. The molecule has 0 aliphatic carbocycles. The number of non-ortho nitro benzene ring substituents is 1. The highest BCUT2D eigenvalue weighted by Gasteiger charge is 2.07. The van der Waals surface area contributed by atoms with Gasteiger partial charge in [-0.05, 0) is 55.6 Å². The van der Waals surface area contributed by atoms with Crippen molar-refractivity contribution in [3.05, 3.63) is 61.0 Å². The summed E-state index contributed by atoms with van der Waals surface area (Å²) in [6.07, 6.45) is 1.60. The number of ether oxygens (including phenoxy) is 1. The number of hydrogen-bond donors (Lipinski definition) is 1. The maximum atomic E-state index is 10.7. The van der Waals surface area contributed by atoms with E-state index >= 15 is 0 Å². The summed E-state index contributed by atoms with van der Waals surface area (Å²) in [5.74, 6) is 0.698. The molecule has 0 unspecified atom stereocenters. The maximum Gasteiger partial charge on any atom is 0.271 e. The number of anilines is 1. The Balaban J connectivity index is 2.13. The third-order valence-electron chi connectivity index (χ3n) is 2.69. The summed E-state index contributed by atoms with van der Waals surface area (Å²) in [5.41, 5.74) is 4.14. The van der Waals surface area contributed by atoms with Gasteiger partial charge in [-0.15, -0.1) is 0 Å². The smallest absolute Gasteiger partial charge is 0.271 e. The highest BCUT2D eigenvalue weighted by Crippen LogP contribution is 2.33. The van der Waals surface area contributed by atoms with E-state index in [1.807, 2.05) is 12.1 Å². The van der Waals surface area contributed by atoms with Gasteiger partial charge in [0.05, 0.1) is 32.9 Å². The van der Waals surface area contributed by atoms with Crippen LogP contribution in [0.1, 0.15) is 5.56 Å². The normalized spacial score (nSPS) is 10.7. The second kappa shape index (κ2) is 7.37. The van der Waals surface area contributed by atoms with Crippen molar-refractivity contribution in [2.24, 2.45) is 5.10 Å². The van der Waals surface area contributed by atoms with Crippen molar-refractivity contribution in [2.75, 3.05) is 12.5 Å². The third kappa shape index (κ3) is 4.05. The summed E-state index contributed by atoms with van der Waals surface area (Å²) in [4.78, 5) is 10.2. The zero-order valence-electron chi connectivity index (χ0n) is 11.4. The first-order valence-corrected chi connectivity index (χ1v) is 7.66. The van der Waals surface area contributed by atoms with Crippen molar-refractivity contribution in [1.29, 1.82) is 0 Å². The fourth-order valence-electron chi connectivity index (χ4n) is 1.72. The topological polar surface area (TPSA) is 76.8 Å². The van der Waals surface area contributed by atoms with Crippen LogP contribution in [-0.2, 0) is 0 Å². The van der Waals surface area contributed by atoms with Crippen molar-refractivity contribution in [3.8, 4) is 5.75 Å². The van der Waals surface area contributed by atoms with Gasteiger partial charge in [-0.3, -0.25) is 15.5 Å². The number of nitrogens with zero attached hydrogens (tertiary/aromatic N) is 2. The van der Waals surface area contributed by atoms with Crippen molar-refractivity contribution >= 4 is 49.4 Å². The summed E-state index contributed by atoms with van der Waals surface area (Å²) >= 11 is 6.82. The minimum Gasteiger partial charge on any atom is -0.494 e. The Morgan fingerprint density at radius 3 is 2.55 bits per heavy atom. The molecule has 0 aliphatic heterocycles. The van der Waals surface area contributed by atoms with Crippen molar-refractivity contribution in [1.82, 2.24) is 0 Å². The van der Waals surface area contributed by atoms with E-state index in [1.54, 1.807) is 25.5 Å². The summed E-state index contributed by atoms with van der Waals surface area (Å²) in [5, 5.41) is 14.8. The molecule has 0 amide bonds. The van der Waals surface area contributed by atoms with Gasteiger partial charge in [-0.25, -0.2) is 0 Å². The quantitative estimate of drug-likeness (QED) is 0.429. The maximum absolute atomic E-state index is 10.7. The molecule has 22 heavy (non-hydrogen) atoms.